The van der Waals surface area contributed by atoms with E-state index in [9.17, 15) is 34.3 Å². The highest BCUT2D eigenvalue weighted by atomic mass is 19.1. The van der Waals surface area contributed by atoms with Gasteiger partial charge in [-0.2, -0.15) is 0 Å². The lowest BCUT2D eigenvalue weighted by molar-refractivity contribution is -0.385. The summed E-state index contributed by atoms with van der Waals surface area (Å²) < 4.78 is 19.7. The van der Waals surface area contributed by atoms with Gasteiger partial charge in [0.25, 0.3) is 11.7 Å². The van der Waals surface area contributed by atoms with E-state index in [1.54, 1.807) is 12.1 Å². The minimum absolute atomic E-state index is 0.0133. The van der Waals surface area contributed by atoms with Crippen LogP contribution in [0.3, 0.4) is 0 Å². The van der Waals surface area contributed by atoms with Crippen molar-refractivity contribution in [3.63, 3.8) is 0 Å². The van der Waals surface area contributed by atoms with Gasteiger partial charge < -0.3 is 14.9 Å². The number of hydrogen-bond donors (Lipinski definition) is 2. The predicted molar refractivity (Wildman–Crippen MR) is 133 cm³/mol. The minimum atomic E-state index is -1.34. The average Bonchev–Trinajstić information content (AvgIpc) is 3.13. The van der Waals surface area contributed by atoms with Crippen LogP contribution in [0.15, 0.2) is 72.3 Å². The number of rotatable bonds is 7. The summed E-state index contributed by atoms with van der Waals surface area (Å²) in [5.74, 6) is -3.08. The zero-order valence-corrected chi connectivity index (χ0v) is 19.9. The van der Waals surface area contributed by atoms with E-state index in [1.807, 2.05) is 13.8 Å². The van der Waals surface area contributed by atoms with Gasteiger partial charge in [0.05, 0.1) is 23.1 Å². The van der Waals surface area contributed by atoms with E-state index in [-0.39, 0.29) is 22.4 Å². The SMILES string of the molecule is CC(C)COc1ccc(/C(O)=C2/C(=O)C(=O)N(c3cccc(F)c3)C2c2ccc(O)c([N+](=O)[O-])c2)cc1. The minimum Gasteiger partial charge on any atom is -0.507 e. The number of anilines is 1. The number of phenols is 1. The lowest BCUT2D eigenvalue weighted by atomic mass is 9.94. The Kier molecular flexibility index (Phi) is 6.92. The van der Waals surface area contributed by atoms with E-state index in [4.69, 9.17) is 4.74 Å². The number of carbonyl (C=O) groups excluding carboxylic acids is 2. The van der Waals surface area contributed by atoms with Gasteiger partial charge in [0.2, 0.25) is 0 Å². The molecule has 3 aromatic carbocycles. The van der Waals surface area contributed by atoms with Crippen molar-refractivity contribution in [2.45, 2.75) is 19.9 Å². The third-order valence-corrected chi connectivity index (χ3v) is 5.75. The number of Topliss-reactive ketones (excluding diaryl/α,β-unsaturated/α-hetero) is 1. The van der Waals surface area contributed by atoms with Gasteiger partial charge in [0.1, 0.15) is 17.3 Å². The summed E-state index contributed by atoms with van der Waals surface area (Å²) in [5.41, 5.74) is -0.725. The molecule has 1 aliphatic rings. The van der Waals surface area contributed by atoms with Gasteiger partial charge in [-0.25, -0.2) is 4.39 Å². The van der Waals surface area contributed by atoms with Crippen molar-refractivity contribution >= 4 is 28.8 Å². The van der Waals surface area contributed by atoms with Gasteiger partial charge in [-0.15, -0.1) is 0 Å². The summed E-state index contributed by atoms with van der Waals surface area (Å²) in [7, 11) is 0. The third-order valence-electron chi connectivity index (χ3n) is 5.75. The number of nitro groups is 1. The maximum atomic E-state index is 14.0. The summed E-state index contributed by atoms with van der Waals surface area (Å²) in [6.07, 6.45) is 0. The Morgan fingerprint density at radius 2 is 1.81 bits per heavy atom. The highest BCUT2D eigenvalue weighted by Crippen LogP contribution is 2.44. The van der Waals surface area contributed by atoms with Crippen molar-refractivity contribution in [3.05, 3.63) is 99.4 Å². The standard InChI is InChI=1S/C27H23FN2O7/c1-15(2)14-37-20-9-6-16(7-10-20)25(32)23-24(17-8-11-22(31)21(12-17)30(35)36)29(27(34)26(23)33)19-5-3-4-18(28)13-19/h3-13,15,24,31-32H,14H2,1-2H3/b25-23-. The van der Waals surface area contributed by atoms with Gasteiger partial charge in [0.15, 0.2) is 5.75 Å². The van der Waals surface area contributed by atoms with Crippen LogP contribution in [-0.4, -0.2) is 33.4 Å². The van der Waals surface area contributed by atoms with Crippen LogP contribution in [0.4, 0.5) is 15.8 Å². The normalized spacial score (nSPS) is 16.9. The maximum absolute atomic E-state index is 14.0. The monoisotopic (exact) mass is 506 g/mol. The number of ketones is 1. The lowest BCUT2D eigenvalue weighted by Crippen LogP contribution is -2.29. The van der Waals surface area contributed by atoms with Crippen LogP contribution in [0, 0.1) is 21.8 Å². The number of aromatic hydroxyl groups is 1. The Labute approximate surface area is 211 Å². The molecule has 1 atom stereocenters. The van der Waals surface area contributed by atoms with Crippen LogP contribution >= 0.6 is 0 Å². The summed E-state index contributed by atoms with van der Waals surface area (Å²) in [5, 5.41) is 32.6. The van der Waals surface area contributed by atoms with Crippen LogP contribution in [0.2, 0.25) is 0 Å². The Hall–Kier alpha value is -4.73. The number of carbonyl (C=O) groups is 2. The summed E-state index contributed by atoms with van der Waals surface area (Å²) in [4.78, 5) is 37.9. The fourth-order valence-corrected chi connectivity index (χ4v) is 4.02. The van der Waals surface area contributed by atoms with E-state index in [1.165, 1.54) is 30.3 Å². The molecule has 2 N–H and O–H groups in total. The van der Waals surface area contributed by atoms with Crippen LogP contribution in [-0.2, 0) is 9.59 Å². The zero-order valence-electron chi connectivity index (χ0n) is 19.9. The number of aliphatic hydroxyl groups excluding tert-OH is 1. The molecular weight excluding hydrogens is 483 g/mol. The molecule has 37 heavy (non-hydrogen) atoms. The molecule has 0 bridgehead atoms. The molecule has 0 spiro atoms. The number of halogens is 1. The van der Waals surface area contributed by atoms with Crippen molar-refractivity contribution in [2.75, 3.05) is 11.5 Å². The fourth-order valence-electron chi connectivity index (χ4n) is 4.02. The van der Waals surface area contributed by atoms with Gasteiger partial charge in [-0.05, 0) is 60.0 Å². The van der Waals surface area contributed by atoms with Gasteiger partial charge >= 0.3 is 5.69 Å². The molecule has 0 aliphatic carbocycles. The molecule has 1 heterocycles. The first-order valence-electron chi connectivity index (χ1n) is 11.4. The molecule has 3 aromatic rings. The molecule has 1 amide bonds. The van der Waals surface area contributed by atoms with Crippen LogP contribution in [0.5, 0.6) is 11.5 Å². The highest BCUT2D eigenvalue weighted by molar-refractivity contribution is 6.51. The molecule has 1 aliphatic heterocycles. The second kappa shape index (κ2) is 10.1. The smallest absolute Gasteiger partial charge is 0.311 e. The van der Waals surface area contributed by atoms with Crippen molar-refractivity contribution < 1.29 is 33.9 Å². The second-order valence-electron chi connectivity index (χ2n) is 8.88. The number of amides is 1. The molecule has 0 aromatic heterocycles. The van der Waals surface area contributed by atoms with Crippen LogP contribution in [0.25, 0.3) is 5.76 Å². The molecule has 9 nitrogen and oxygen atoms in total. The maximum Gasteiger partial charge on any atom is 0.311 e. The Morgan fingerprint density at radius 1 is 1.11 bits per heavy atom. The summed E-state index contributed by atoms with van der Waals surface area (Å²) >= 11 is 0. The Morgan fingerprint density at radius 3 is 2.43 bits per heavy atom. The molecular formula is C27H23FN2O7. The van der Waals surface area contributed by atoms with Gasteiger partial charge in [-0.1, -0.05) is 26.0 Å². The summed E-state index contributed by atoms with van der Waals surface area (Å²) in [6.45, 7) is 4.46. The zero-order chi connectivity index (χ0) is 26.9. The number of hydrogen-bond acceptors (Lipinski definition) is 7. The van der Waals surface area contributed by atoms with E-state index in [0.29, 0.717) is 18.3 Å². The number of phenolic OH excluding ortho intramolecular Hbond substituents is 1. The number of nitro benzene ring substituents is 1. The lowest BCUT2D eigenvalue weighted by Gasteiger charge is -2.25. The molecule has 190 valence electrons. The van der Waals surface area contributed by atoms with Crippen LogP contribution < -0.4 is 9.64 Å². The van der Waals surface area contributed by atoms with Crippen molar-refractivity contribution in [1.29, 1.82) is 0 Å². The number of nitrogens with zero attached hydrogens (tertiary/aromatic N) is 2. The topological polar surface area (TPSA) is 130 Å². The molecule has 1 fully saturated rings. The van der Waals surface area contributed by atoms with Gasteiger partial charge in [-0.3, -0.25) is 24.6 Å². The quantitative estimate of drug-likeness (QED) is 0.150. The average molecular weight is 506 g/mol. The van der Waals surface area contributed by atoms with Gasteiger partial charge in [0, 0.05) is 17.3 Å². The Bertz CT molecular complexity index is 1420. The predicted octanol–water partition coefficient (Wildman–Crippen LogP) is 5.10. The second-order valence-corrected chi connectivity index (χ2v) is 8.88. The van der Waals surface area contributed by atoms with E-state index >= 15 is 0 Å². The first kappa shape index (κ1) is 25.4. The van der Waals surface area contributed by atoms with Crippen LogP contribution in [0.1, 0.15) is 31.0 Å². The number of ether oxygens (including phenoxy) is 1. The molecule has 1 unspecified atom stereocenters. The first-order chi connectivity index (χ1) is 17.6. The van der Waals surface area contributed by atoms with Crippen molar-refractivity contribution in [3.8, 4) is 11.5 Å². The first-order valence-corrected chi connectivity index (χ1v) is 11.4. The summed E-state index contributed by atoms with van der Waals surface area (Å²) in [6, 6.07) is 13.2. The molecule has 10 heteroatoms. The largest absolute Gasteiger partial charge is 0.507 e. The molecule has 0 radical (unpaired) electrons. The van der Waals surface area contributed by atoms with E-state index < -0.39 is 45.7 Å². The molecule has 0 saturated carbocycles. The highest BCUT2D eigenvalue weighted by Gasteiger charge is 2.47. The number of benzene rings is 3. The molecule has 1 saturated heterocycles. The third kappa shape index (κ3) is 4.99. The Balaban J connectivity index is 1.88. The fraction of sp³-hybridized carbons (Fsp3) is 0.185. The van der Waals surface area contributed by atoms with E-state index in [0.717, 1.165) is 29.2 Å². The van der Waals surface area contributed by atoms with Crippen molar-refractivity contribution in [1.82, 2.24) is 0 Å². The van der Waals surface area contributed by atoms with E-state index in [2.05, 4.69) is 0 Å². The molecule has 4 rings (SSSR count). The van der Waals surface area contributed by atoms with Crippen molar-refractivity contribution in [2.24, 2.45) is 5.92 Å². The number of aliphatic hydroxyl groups is 1.